The molecule has 122 valence electrons. The van der Waals surface area contributed by atoms with Gasteiger partial charge in [-0.2, -0.15) is 0 Å². The van der Waals surface area contributed by atoms with Crippen LogP contribution in [0.15, 0.2) is 48.5 Å². The Morgan fingerprint density at radius 1 is 1.26 bits per heavy atom. The molecule has 0 saturated carbocycles. The van der Waals surface area contributed by atoms with Gasteiger partial charge in [-0.25, -0.2) is 0 Å². The van der Waals surface area contributed by atoms with E-state index in [0.29, 0.717) is 10.8 Å². The molecular weight excluding hydrogens is 314 g/mol. The van der Waals surface area contributed by atoms with Gasteiger partial charge in [-0.15, -0.1) is 0 Å². The van der Waals surface area contributed by atoms with Gasteiger partial charge in [-0.1, -0.05) is 35.9 Å². The number of ether oxygens (including phenoxy) is 1. The first kappa shape index (κ1) is 17.3. The highest BCUT2D eigenvalue weighted by atomic mass is 35.5. The highest BCUT2D eigenvalue weighted by molar-refractivity contribution is 6.30. The van der Waals surface area contributed by atoms with Gasteiger partial charge in [0.1, 0.15) is 18.5 Å². The van der Waals surface area contributed by atoms with Gasteiger partial charge in [0.2, 0.25) is 5.91 Å². The molecule has 1 atom stereocenters. The van der Waals surface area contributed by atoms with Gasteiger partial charge in [0.15, 0.2) is 0 Å². The third-order valence-corrected chi connectivity index (χ3v) is 3.50. The van der Waals surface area contributed by atoms with Crippen molar-refractivity contribution in [3.05, 3.63) is 64.7 Å². The van der Waals surface area contributed by atoms with E-state index in [9.17, 15) is 9.90 Å². The molecule has 2 rings (SSSR count). The van der Waals surface area contributed by atoms with E-state index in [1.165, 1.54) is 0 Å². The predicted molar refractivity (Wildman–Crippen MR) is 90.8 cm³/mol. The summed E-state index contributed by atoms with van der Waals surface area (Å²) in [7, 11) is 0. The first-order valence-corrected chi connectivity index (χ1v) is 7.79. The molecule has 0 fully saturated rings. The van der Waals surface area contributed by atoms with Gasteiger partial charge < -0.3 is 15.2 Å². The fraction of sp³-hybridized carbons (Fsp3) is 0.278. The smallest absolute Gasteiger partial charge is 0.224 e. The number of aryl methyl sites for hydroxylation is 1. The van der Waals surface area contributed by atoms with Gasteiger partial charge in [0.05, 0.1) is 6.42 Å². The van der Waals surface area contributed by atoms with E-state index in [4.69, 9.17) is 16.3 Å². The molecular formula is C18H20ClNO3. The molecule has 2 aromatic carbocycles. The molecule has 1 unspecified atom stereocenters. The van der Waals surface area contributed by atoms with Crippen LogP contribution in [0.3, 0.4) is 0 Å². The highest BCUT2D eigenvalue weighted by Gasteiger charge is 2.09. The molecule has 0 radical (unpaired) electrons. The minimum absolute atomic E-state index is 0.130. The molecule has 0 aliphatic heterocycles. The number of hydrogen-bond acceptors (Lipinski definition) is 3. The van der Waals surface area contributed by atoms with Crippen LogP contribution in [0, 0.1) is 6.92 Å². The van der Waals surface area contributed by atoms with Crippen LogP contribution in [0.25, 0.3) is 0 Å². The number of rotatable bonds is 7. The van der Waals surface area contributed by atoms with E-state index in [2.05, 4.69) is 5.32 Å². The molecule has 2 aromatic rings. The van der Waals surface area contributed by atoms with Crippen molar-refractivity contribution in [3.8, 4) is 5.75 Å². The fourth-order valence-electron chi connectivity index (χ4n) is 2.04. The minimum atomic E-state index is -0.760. The van der Waals surface area contributed by atoms with Crippen molar-refractivity contribution < 1.29 is 14.6 Å². The average molecular weight is 334 g/mol. The van der Waals surface area contributed by atoms with Crippen LogP contribution in [-0.4, -0.2) is 30.3 Å². The Bertz CT molecular complexity index is 643. The number of carbonyl (C=O) groups is 1. The third kappa shape index (κ3) is 6.30. The zero-order chi connectivity index (χ0) is 16.7. The summed E-state index contributed by atoms with van der Waals surface area (Å²) < 4.78 is 5.50. The molecule has 0 aliphatic carbocycles. The van der Waals surface area contributed by atoms with Gasteiger partial charge in [0.25, 0.3) is 0 Å². The molecule has 0 aromatic heterocycles. The van der Waals surface area contributed by atoms with Gasteiger partial charge >= 0.3 is 0 Å². The van der Waals surface area contributed by atoms with Crippen LogP contribution in [0.4, 0.5) is 0 Å². The molecule has 1 amide bonds. The highest BCUT2D eigenvalue weighted by Crippen LogP contribution is 2.12. The number of amides is 1. The Morgan fingerprint density at radius 3 is 2.70 bits per heavy atom. The summed E-state index contributed by atoms with van der Waals surface area (Å²) in [5.41, 5.74) is 1.96. The lowest BCUT2D eigenvalue weighted by atomic mass is 10.1. The number of aliphatic hydroxyl groups is 1. The van der Waals surface area contributed by atoms with Gasteiger partial charge in [0, 0.05) is 11.6 Å². The Hall–Kier alpha value is -2.04. The Labute approximate surface area is 141 Å². The van der Waals surface area contributed by atoms with Crippen LogP contribution in [-0.2, 0) is 11.2 Å². The number of aliphatic hydroxyl groups excluding tert-OH is 1. The lowest BCUT2D eigenvalue weighted by molar-refractivity contribution is -0.121. The summed E-state index contributed by atoms with van der Waals surface area (Å²) in [6.07, 6.45) is -0.507. The lowest BCUT2D eigenvalue weighted by Gasteiger charge is -2.13. The number of nitrogens with one attached hydrogen (secondary N) is 1. The minimum Gasteiger partial charge on any atom is -0.491 e. The fourth-order valence-corrected chi connectivity index (χ4v) is 2.16. The van der Waals surface area contributed by atoms with Crippen molar-refractivity contribution in [2.24, 2.45) is 0 Å². The monoisotopic (exact) mass is 333 g/mol. The maximum atomic E-state index is 11.8. The van der Waals surface area contributed by atoms with E-state index >= 15 is 0 Å². The second-order valence-corrected chi connectivity index (χ2v) is 5.83. The van der Waals surface area contributed by atoms with Gasteiger partial charge in [-0.3, -0.25) is 4.79 Å². The van der Waals surface area contributed by atoms with Crippen LogP contribution in [0.1, 0.15) is 11.1 Å². The van der Waals surface area contributed by atoms with E-state index in [-0.39, 0.29) is 25.5 Å². The van der Waals surface area contributed by atoms with Crippen LogP contribution in [0.2, 0.25) is 5.02 Å². The van der Waals surface area contributed by atoms with E-state index in [1.807, 2.05) is 31.2 Å². The second kappa shape index (κ2) is 8.56. The normalized spacial score (nSPS) is 11.8. The first-order chi connectivity index (χ1) is 11.0. The summed E-state index contributed by atoms with van der Waals surface area (Å²) in [4.78, 5) is 11.8. The van der Waals surface area contributed by atoms with Crippen molar-refractivity contribution in [3.63, 3.8) is 0 Å². The summed E-state index contributed by atoms with van der Waals surface area (Å²) >= 11 is 5.80. The zero-order valence-corrected chi connectivity index (χ0v) is 13.7. The van der Waals surface area contributed by atoms with Crippen molar-refractivity contribution >= 4 is 17.5 Å². The number of benzene rings is 2. The largest absolute Gasteiger partial charge is 0.491 e. The maximum absolute atomic E-state index is 11.8. The molecule has 0 spiro atoms. The Kier molecular flexibility index (Phi) is 6.44. The molecule has 0 heterocycles. The summed E-state index contributed by atoms with van der Waals surface area (Å²) in [5.74, 6) is 0.554. The Morgan fingerprint density at radius 2 is 2.00 bits per heavy atom. The molecule has 0 aliphatic rings. The third-order valence-electron chi connectivity index (χ3n) is 3.24. The molecule has 0 saturated heterocycles. The predicted octanol–water partition coefficient (Wildman–Crippen LogP) is 2.75. The van der Waals surface area contributed by atoms with E-state index in [0.717, 1.165) is 11.1 Å². The molecule has 4 nitrogen and oxygen atoms in total. The molecule has 5 heteroatoms. The average Bonchev–Trinajstić information content (AvgIpc) is 2.53. The maximum Gasteiger partial charge on any atom is 0.224 e. The number of hydrogen-bond donors (Lipinski definition) is 2. The van der Waals surface area contributed by atoms with Crippen molar-refractivity contribution in [2.75, 3.05) is 13.2 Å². The van der Waals surface area contributed by atoms with Crippen LogP contribution < -0.4 is 10.1 Å². The summed E-state index contributed by atoms with van der Waals surface area (Å²) in [5, 5.41) is 13.2. The molecule has 2 N–H and O–H groups in total. The zero-order valence-electron chi connectivity index (χ0n) is 13.0. The standard InChI is InChI=1S/C18H20ClNO3/c1-13-3-2-4-17(9-13)23-12-16(21)11-20-18(22)10-14-5-7-15(19)8-6-14/h2-9,16,21H,10-12H2,1H3,(H,20,22). The summed E-state index contributed by atoms with van der Waals surface area (Å²) in [6.45, 7) is 2.25. The number of carbonyl (C=O) groups excluding carboxylic acids is 1. The molecule has 23 heavy (non-hydrogen) atoms. The van der Waals surface area contributed by atoms with Crippen molar-refractivity contribution in [1.29, 1.82) is 0 Å². The van der Waals surface area contributed by atoms with Crippen molar-refractivity contribution in [2.45, 2.75) is 19.4 Å². The first-order valence-electron chi connectivity index (χ1n) is 7.41. The lowest BCUT2D eigenvalue weighted by Crippen LogP contribution is -2.36. The van der Waals surface area contributed by atoms with Gasteiger partial charge in [-0.05, 0) is 42.3 Å². The quantitative estimate of drug-likeness (QED) is 0.819. The van der Waals surface area contributed by atoms with E-state index < -0.39 is 6.10 Å². The SMILES string of the molecule is Cc1cccc(OCC(O)CNC(=O)Cc2ccc(Cl)cc2)c1. The van der Waals surface area contributed by atoms with E-state index in [1.54, 1.807) is 24.3 Å². The van der Waals surface area contributed by atoms with Crippen LogP contribution >= 0.6 is 11.6 Å². The Balaban J connectivity index is 1.70. The van der Waals surface area contributed by atoms with Crippen molar-refractivity contribution in [1.82, 2.24) is 5.32 Å². The topological polar surface area (TPSA) is 58.6 Å². The van der Waals surface area contributed by atoms with Crippen LogP contribution in [0.5, 0.6) is 5.75 Å². The molecule has 0 bridgehead atoms. The number of halogens is 1. The second-order valence-electron chi connectivity index (χ2n) is 5.39. The summed E-state index contributed by atoms with van der Waals surface area (Å²) in [6, 6.07) is 14.7.